The third-order valence-electron chi connectivity index (χ3n) is 5.00. The van der Waals surface area contributed by atoms with Crippen LogP contribution in [0.2, 0.25) is 0 Å². The Kier molecular flexibility index (Phi) is 5.99. The largest absolute Gasteiger partial charge is 0.497 e. The topological polar surface area (TPSA) is 137 Å². The van der Waals surface area contributed by atoms with Crippen molar-refractivity contribution in [3.8, 4) is 11.4 Å². The minimum Gasteiger partial charge on any atom is -0.497 e. The van der Waals surface area contributed by atoms with Crippen LogP contribution in [0.4, 0.5) is 23.3 Å². The van der Waals surface area contributed by atoms with Crippen LogP contribution in [0.5, 0.6) is 5.75 Å². The van der Waals surface area contributed by atoms with Gasteiger partial charge in [0.15, 0.2) is 0 Å². The second-order valence-electron chi connectivity index (χ2n) is 7.26. The average molecular weight is 466 g/mol. The van der Waals surface area contributed by atoms with E-state index >= 15 is 0 Å². The molecule has 11 heteroatoms. The molecule has 0 bridgehead atoms. The van der Waals surface area contributed by atoms with Gasteiger partial charge in [0.1, 0.15) is 17.4 Å². The number of aryl methyl sites for hydroxylation is 1. The maximum atomic E-state index is 11.6. The van der Waals surface area contributed by atoms with Crippen molar-refractivity contribution in [1.29, 1.82) is 0 Å². The van der Waals surface area contributed by atoms with Crippen LogP contribution in [0, 0.1) is 13.8 Å². The first-order valence-corrected chi connectivity index (χ1v) is 11.5. The lowest BCUT2D eigenvalue weighted by Gasteiger charge is -2.12. The SMILES string of the molecule is COc1ccc(-n2nc(C)c(C)c2Nc2ccnc(Nc3cccc(S(N)(=O)=O)c3)n2)cc1. The van der Waals surface area contributed by atoms with E-state index in [2.05, 4.69) is 25.7 Å². The number of sulfonamides is 1. The summed E-state index contributed by atoms with van der Waals surface area (Å²) in [6, 6.07) is 15.4. The molecular formula is C22H23N7O3S. The zero-order valence-electron chi connectivity index (χ0n) is 18.3. The molecule has 0 aliphatic carbocycles. The molecule has 0 spiro atoms. The second kappa shape index (κ2) is 8.88. The Bertz CT molecular complexity index is 1400. The zero-order valence-corrected chi connectivity index (χ0v) is 19.1. The molecule has 33 heavy (non-hydrogen) atoms. The van der Waals surface area contributed by atoms with Gasteiger partial charge in [-0.15, -0.1) is 0 Å². The number of benzene rings is 2. The van der Waals surface area contributed by atoms with Gasteiger partial charge in [-0.1, -0.05) is 6.07 Å². The molecule has 0 aliphatic rings. The van der Waals surface area contributed by atoms with Gasteiger partial charge in [0.25, 0.3) is 0 Å². The first-order valence-electron chi connectivity index (χ1n) is 9.95. The average Bonchev–Trinajstić information content (AvgIpc) is 3.07. The van der Waals surface area contributed by atoms with Gasteiger partial charge in [-0.2, -0.15) is 10.1 Å². The number of primary sulfonamides is 1. The van der Waals surface area contributed by atoms with Crippen molar-refractivity contribution in [3.05, 3.63) is 72.1 Å². The molecular weight excluding hydrogens is 442 g/mol. The fourth-order valence-electron chi connectivity index (χ4n) is 3.15. The first kappa shape index (κ1) is 22.2. The van der Waals surface area contributed by atoms with E-state index in [1.165, 1.54) is 12.1 Å². The molecule has 2 heterocycles. The van der Waals surface area contributed by atoms with Crippen LogP contribution >= 0.6 is 0 Å². The lowest BCUT2D eigenvalue weighted by Crippen LogP contribution is -2.12. The molecule has 0 unspecified atom stereocenters. The van der Waals surface area contributed by atoms with E-state index in [1.54, 1.807) is 36.2 Å². The van der Waals surface area contributed by atoms with Crippen molar-refractivity contribution < 1.29 is 13.2 Å². The van der Waals surface area contributed by atoms with Crippen molar-refractivity contribution in [1.82, 2.24) is 19.7 Å². The van der Waals surface area contributed by atoms with Crippen LogP contribution < -0.4 is 20.5 Å². The number of anilines is 4. The van der Waals surface area contributed by atoms with Crippen LogP contribution in [0.15, 0.2) is 65.7 Å². The quantitative estimate of drug-likeness (QED) is 0.378. The standard InChI is InChI=1S/C22H23N7O3S/c1-14-15(2)28-29(17-7-9-18(32-3)10-8-17)21(14)26-20-11-12-24-22(27-20)25-16-5-4-6-19(13-16)33(23,30)31/h4-13H,1-3H3,(H2,23,30,31)(H2,24,25,26,27). The summed E-state index contributed by atoms with van der Waals surface area (Å²) in [4.78, 5) is 8.71. The number of ether oxygens (including phenoxy) is 1. The number of aromatic nitrogens is 4. The summed E-state index contributed by atoms with van der Waals surface area (Å²) >= 11 is 0. The second-order valence-corrected chi connectivity index (χ2v) is 8.82. The monoisotopic (exact) mass is 465 g/mol. The van der Waals surface area contributed by atoms with Crippen LogP contribution in [0.3, 0.4) is 0 Å². The fourth-order valence-corrected chi connectivity index (χ4v) is 3.71. The molecule has 0 saturated heterocycles. The van der Waals surface area contributed by atoms with Crippen molar-refractivity contribution in [2.75, 3.05) is 17.7 Å². The summed E-state index contributed by atoms with van der Waals surface area (Å²) < 4.78 is 30.3. The Hall–Kier alpha value is -3.96. The van der Waals surface area contributed by atoms with Crippen LogP contribution in [0.1, 0.15) is 11.3 Å². The molecule has 0 fully saturated rings. The van der Waals surface area contributed by atoms with Gasteiger partial charge < -0.3 is 15.4 Å². The Morgan fingerprint density at radius 3 is 2.48 bits per heavy atom. The molecule has 0 aliphatic heterocycles. The normalized spacial score (nSPS) is 11.3. The third kappa shape index (κ3) is 4.94. The number of nitrogens with one attached hydrogen (secondary N) is 2. The summed E-state index contributed by atoms with van der Waals surface area (Å²) in [5, 5.41) is 16.2. The molecule has 2 aromatic heterocycles. The summed E-state index contributed by atoms with van der Waals surface area (Å²) in [5.74, 6) is 2.34. The lowest BCUT2D eigenvalue weighted by atomic mass is 10.2. The summed E-state index contributed by atoms with van der Waals surface area (Å²) in [6.07, 6.45) is 1.59. The number of rotatable bonds is 7. The number of methoxy groups -OCH3 is 1. The van der Waals surface area contributed by atoms with E-state index < -0.39 is 10.0 Å². The zero-order chi connectivity index (χ0) is 23.6. The smallest absolute Gasteiger partial charge is 0.238 e. The Morgan fingerprint density at radius 2 is 1.79 bits per heavy atom. The van der Waals surface area contributed by atoms with Gasteiger partial charge in [-0.3, -0.25) is 0 Å². The van der Waals surface area contributed by atoms with E-state index in [1.807, 2.05) is 38.1 Å². The number of nitrogens with two attached hydrogens (primary N) is 1. The van der Waals surface area contributed by atoms with Crippen molar-refractivity contribution in [2.45, 2.75) is 18.7 Å². The number of nitrogens with zero attached hydrogens (tertiary/aromatic N) is 4. The fraction of sp³-hybridized carbons (Fsp3) is 0.136. The predicted molar refractivity (Wildman–Crippen MR) is 126 cm³/mol. The Labute approximate surface area is 191 Å². The van der Waals surface area contributed by atoms with E-state index in [4.69, 9.17) is 9.88 Å². The van der Waals surface area contributed by atoms with E-state index in [0.717, 1.165) is 28.5 Å². The van der Waals surface area contributed by atoms with E-state index in [9.17, 15) is 8.42 Å². The molecule has 4 aromatic rings. The minimum atomic E-state index is -3.82. The Morgan fingerprint density at radius 1 is 1.03 bits per heavy atom. The van der Waals surface area contributed by atoms with Gasteiger partial charge in [-0.25, -0.2) is 23.2 Å². The molecule has 4 rings (SSSR count). The van der Waals surface area contributed by atoms with Crippen molar-refractivity contribution in [2.24, 2.45) is 5.14 Å². The number of hydrogen-bond donors (Lipinski definition) is 3. The van der Waals surface area contributed by atoms with Gasteiger partial charge >= 0.3 is 0 Å². The molecule has 10 nitrogen and oxygen atoms in total. The lowest BCUT2D eigenvalue weighted by molar-refractivity contribution is 0.414. The number of hydrogen-bond acceptors (Lipinski definition) is 8. The van der Waals surface area contributed by atoms with E-state index in [-0.39, 0.29) is 10.8 Å². The highest BCUT2D eigenvalue weighted by atomic mass is 32.2. The van der Waals surface area contributed by atoms with Crippen molar-refractivity contribution in [3.63, 3.8) is 0 Å². The molecule has 0 atom stereocenters. The van der Waals surface area contributed by atoms with Crippen LogP contribution in [-0.2, 0) is 10.0 Å². The summed E-state index contributed by atoms with van der Waals surface area (Å²) in [7, 11) is -2.19. The molecule has 0 amide bonds. The summed E-state index contributed by atoms with van der Waals surface area (Å²) in [5.41, 5.74) is 3.20. The summed E-state index contributed by atoms with van der Waals surface area (Å²) in [6.45, 7) is 3.91. The molecule has 0 radical (unpaired) electrons. The molecule has 4 N–H and O–H groups in total. The van der Waals surface area contributed by atoms with Crippen LogP contribution in [-0.4, -0.2) is 35.3 Å². The van der Waals surface area contributed by atoms with E-state index in [0.29, 0.717) is 11.5 Å². The highest BCUT2D eigenvalue weighted by molar-refractivity contribution is 7.89. The minimum absolute atomic E-state index is 0.00345. The van der Waals surface area contributed by atoms with Crippen LogP contribution in [0.25, 0.3) is 5.69 Å². The highest BCUT2D eigenvalue weighted by Crippen LogP contribution is 2.27. The molecule has 2 aromatic carbocycles. The molecule has 0 saturated carbocycles. The maximum absolute atomic E-state index is 11.6. The maximum Gasteiger partial charge on any atom is 0.238 e. The first-order chi connectivity index (χ1) is 15.7. The Balaban J connectivity index is 1.62. The van der Waals surface area contributed by atoms with Crippen molar-refractivity contribution >= 4 is 33.3 Å². The van der Waals surface area contributed by atoms with Gasteiger partial charge in [0, 0.05) is 17.4 Å². The van der Waals surface area contributed by atoms with Gasteiger partial charge in [-0.05, 0) is 62.4 Å². The van der Waals surface area contributed by atoms with Gasteiger partial charge in [0.2, 0.25) is 16.0 Å². The predicted octanol–water partition coefficient (Wildman–Crippen LogP) is 3.42. The third-order valence-corrected chi connectivity index (χ3v) is 5.91. The highest BCUT2D eigenvalue weighted by Gasteiger charge is 2.15. The van der Waals surface area contributed by atoms with Gasteiger partial charge in [0.05, 0.1) is 23.4 Å². The molecule has 170 valence electrons.